The van der Waals surface area contributed by atoms with Crippen LogP contribution in [0.4, 0.5) is 8.78 Å². The molecule has 1 atom stereocenters. The lowest BCUT2D eigenvalue weighted by Crippen LogP contribution is -2.27. The number of benzene rings is 1. The summed E-state index contributed by atoms with van der Waals surface area (Å²) in [5, 5.41) is 9.55. The van der Waals surface area contributed by atoms with E-state index in [4.69, 9.17) is 4.74 Å². The fraction of sp³-hybridized carbons (Fsp3) is 0.316. The van der Waals surface area contributed by atoms with Gasteiger partial charge in [0.1, 0.15) is 11.6 Å². The van der Waals surface area contributed by atoms with Gasteiger partial charge in [-0.25, -0.2) is 13.8 Å². The minimum absolute atomic E-state index is 0.197. The van der Waals surface area contributed by atoms with Gasteiger partial charge in [0, 0.05) is 37.4 Å². The highest BCUT2D eigenvalue weighted by molar-refractivity contribution is 5.80. The first kappa shape index (κ1) is 18.8. The Balaban J connectivity index is 1.58. The SMILES string of the molecule is C=C(CCC(=O)N1N=CCC1c1cc(F)cc(F)c1)Cn1ccc(OC)n1. The number of rotatable bonds is 7. The number of nitrogens with zero attached hydrogens (tertiary/aromatic N) is 4. The molecule has 0 aliphatic carbocycles. The van der Waals surface area contributed by atoms with Gasteiger partial charge in [0.15, 0.2) is 0 Å². The van der Waals surface area contributed by atoms with Gasteiger partial charge in [0.05, 0.1) is 19.7 Å². The standard InChI is InChI=1S/C19H20F2N4O2/c1-13(12-24-8-6-18(23-24)27-2)3-4-19(26)25-17(5-7-22-25)14-9-15(20)11-16(21)10-14/h6-11,17H,1,3-5,12H2,2H3. The molecule has 0 fully saturated rings. The summed E-state index contributed by atoms with van der Waals surface area (Å²) in [4.78, 5) is 12.5. The fourth-order valence-electron chi connectivity index (χ4n) is 2.94. The lowest BCUT2D eigenvalue weighted by molar-refractivity contribution is -0.133. The second-order valence-electron chi connectivity index (χ2n) is 6.30. The summed E-state index contributed by atoms with van der Waals surface area (Å²) in [6.07, 6.45) is 4.42. The quantitative estimate of drug-likeness (QED) is 0.698. The molecule has 1 aliphatic rings. The third kappa shape index (κ3) is 4.58. The van der Waals surface area contributed by atoms with E-state index >= 15 is 0 Å². The van der Waals surface area contributed by atoms with Crippen LogP contribution in [0.15, 0.2) is 47.7 Å². The summed E-state index contributed by atoms with van der Waals surface area (Å²) < 4.78 is 33.7. The molecule has 142 valence electrons. The highest BCUT2D eigenvalue weighted by atomic mass is 19.1. The number of hydrogen-bond acceptors (Lipinski definition) is 4. The van der Waals surface area contributed by atoms with Crippen molar-refractivity contribution in [2.45, 2.75) is 31.8 Å². The monoisotopic (exact) mass is 374 g/mol. The van der Waals surface area contributed by atoms with Crippen molar-refractivity contribution in [1.82, 2.24) is 14.8 Å². The summed E-state index contributed by atoms with van der Waals surface area (Å²) in [5.41, 5.74) is 1.21. The fourth-order valence-corrected chi connectivity index (χ4v) is 2.94. The van der Waals surface area contributed by atoms with E-state index in [1.165, 1.54) is 24.3 Å². The van der Waals surface area contributed by atoms with Gasteiger partial charge in [-0.2, -0.15) is 5.10 Å². The van der Waals surface area contributed by atoms with Gasteiger partial charge in [-0.1, -0.05) is 12.2 Å². The maximum Gasteiger partial charge on any atom is 0.243 e. The zero-order chi connectivity index (χ0) is 19.4. The molecule has 6 nitrogen and oxygen atoms in total. The van der Waals surface area contributed by atoms with Crippen LogP contribution in [0, 0.1) is 11.6 Å². The van der Waals surface area contributed by atoms with Gasteiger partial charge < -0.3 is 4.74 Å². The third-order valence-corrected chi connectivity index (χ3v) is 4.26. The molecule has 0 N–H and O–H groups in total. The van der Waals surface area contributed by atoms with Crippen LogP contribution in [-0.4, -0.2) is 34.0 Å². The van der Waals surface area contributed by atoms with Crippen LogP contribution < -0.4 is 4.74 Å². The first-order chi connectivity index (χ1) is 13.0. The van der Waals surface area contributed by atoms with Crippen LogP contribution in [-0.2, 0) is 11.3 Å². The molecule has 0 bridgehead atoms. The molecule has 0 radical (unpaired) electrons. The molecule has 1 amide bonds. The highest BCUT2D eigenvalue weighted by Crippen LogP contribution is 2.30. The van der Waals surface area contributed by atoms with E-state index in [1.807, 2.05) is 0 Å². The molecule has 2 aromatic rings. The smallest absolute Gasteiger partial charge is 0.243 e. The van der Waals surface area contributed by atoms with Gasteiger partial charge in [0.2, 0.25) is 11.8 Å². The number of methoxy groups -OCH3 is 1. The Bertz CT molecular complexity index is 858. The van der Waals surface area contributed by atoms with Crippen LogP contribution in [0.2, 0.25) is 0 Å². The predicted octanol–water partition coefficient (Wildman–Crippen LogP) is 3.47. The van der Waals surface area contributed by atoms with E-state index in [2.05, 4.69) is 16.8 Å². The number of amides is 1. The third-order valence-electron chi connectivity index (χ3n) is 4.26. The maximum absolute atomic E-state index is 13.5. The summed E-state index contributed by atoms with van der Waals surface area (Å²) in [7, 11) is 1.54. The zero-order valence-corrected chi connectivity index (χ0v) is 14.9. The Morgan fingerprint density at radius 1 is 1.30 bits per heavy atom. The number of hydrogen-bond donors (Lipinski definition) is 0. The lowest BCUT2D eigenvalue weighted by Gasteiger charge is -2.22. The topological polar surface area (TPSA) is 59.7 Å². The lowest BCUT2D eigenvalue weighted by atomic mass is 10.0. The Hall–Kier alpha value is -3.03. The van der Waals surface area contributed by atoms with Gasteiger partial charge in [-0.05, 0) is 24.1 Å². The van der Waals surface area contributed by atoms with Crippen molar-refractivity contribution in [3.05, 3.63) is 59.8 Å². The summed E-state index contributed by atoms with van der Waals surface area (Å²) in [6, 6.07) is 4.51. The Morgan fingerprint density at radius 3 is 2.70 bits per heavy atom. The molecule has 1 aromatic carbocycles. The molecule has 1 aliphatic heterocycles. The summed E-state index contributed by atoms with van der Waals surface area (Å²) >= 11 is 0. The average Bonchev–Trinajstić information content (AvgIpc) is 3.28. The van der Waals surface area contributed by atoms with Crippen LogP contribution >= 0.6 is 0 Å². The maximum atomic E-state index is 13.5. The highest BCUT2D eigenvalue weighted by Gasteiger charge is 2.28. The predicted molar refractivity (Wildman–Crippen MR) is 96.2 cm³/mol. The molecule has 3 rings (SSSR count). The average molecular weight is 374 g/mol. The number of aromatic nitrogens is 2. The largest absolute Gasteiger partial charge is 0.480 e. The van der Waals surface area contributed by atoms with E-state index in [-0.39, 0.29) is 12.3 Å². The van der Waals surface area contributed by atoms with E-state index in [0.717, 1.165) is 11.6 Å². The van der Waals surface area contributed by atoms with Crippen molar-refractivity contribution < 1.29 is 18.3 Å². The molecule has 1 unspecified atom stereocenters. The number of carbonyl (C=O) groups excluding carboxylic acids is 1. The van der Waals surface area contributed by atoms with Gasteiger partial charge >= 0.3 is 0 Å². The number of carbonyl (C=O) groups is 1. The van der Waals surface area contributed by atoms with Crippen LogP contribution in [0.5, 0.6) is 5.88 Å². The van der Waals surface area contributed by atoms with Crippen molar-refractivity contribution in [2.24, 2.45) is 5.10 Å². The Kier molecular flexibility index (Phi) is 5.63. The summed E-state index contributed by atoms with van der Waals surface area (Å²) in [6.45, 7) is 4.44. The van der Waals surface area contributed by atoms with Crippen molar-refractivity contribution in [3.63, 3.8) is 0 Å². The molecule has 1 aromatic heterocycles. The molecule has 0 saturated carbocycles. The van der Waals surface area contributed by atoms with E-state index in [0.29, 0.717) is 30.8 Å². The molecule has 2 heterocycles. The van der Waals surface area contributed by atoms with Gasteiger partial charge in [-0.3, -0.25) is 9.48 Å². The Morgan fingerprint density at radius 2 is 2.04 bits per heavy atom. The van der Waals surface area contributed by atoms with Gasteiger partial charge in [0.25, 0.3) is 0 Å². The zero-order valence-electron chi connectivity index (χ0n) is 14.9. The number of ether oxygens (including phenoxy) is 1. The summed E-state index contributed by atoms with van der Waals surface area (Å²) in [5.74, 6) is -1.06. The van der Waals surface area contributed by atoms with Crippen LogP contribution in [0.25, 0.3) is 0 Å². The minimum atomic E-state index is -0.674. The van der Waals surface area contributed by atoms with E-state index in [9.17, 15) is 13.6 Å². The molecule has 0 spiro atoms. The Labute approximate surface area is 155 Å². The van der Waals surface area contributed by atoms with Crippen LogP contribution in [0.3, 0.4) is 0 Å². The van der Waals surface area contributed by atoms with E-state index < -0.39 is 17.7 Å². The normalized spacial score (nSPS) is 16.0. The van der Waals surface area contributed by atoms with Crippen molar-refractivity contribution in [2.75, 3.05) is 7.11 Å². The van der Waals surface area contributed by atoms with Gasteiger partial charge in [-0.15, -0.1) is 5.10 Å². The second kappa shape index (κ2) is 8.11. The minimum Gasteiger partial charge on any atom is -0.480 e. The van der Waals surface area contributed by atoms with E-state index in [1.54, 1.807) is 23.2 Å². The first-order valence-electron chi connectivity index (χ1n) is 8.51. The molecule has 8 heteroatoms. The molecular weight excluding hydrogens is 354 g/mol. The number of hydrazone groups is 1. The van der Waals surface area contributed by atoms with Crippen molar-refractivity contribution >= 4 is 12.1 Å². The van der Waals surface area contributed by atoms with Crippen molar-refractivity contribution in [1.29, 1.82) is 0 Å². The molecule has 27 heavy (non-hydrogen) atoms. The van der Waals surface area contributed by atoms with Crippen molar-refractivity contribution in [3.8, 4) is 5.88 Å². The van der Waals surface area contributed by atoms with Crippen LogP contribution in [0.1, 0.15) is 30.9 Å². The molecular formula is C19H20F2N4O2. The first-order valence-corrected chi connectivity index (χ1v) is 8.51. The number of allylic oxidation sites excluding steroid dienone is 1. The second-order valence-corrected chi connectivity index (χ2v) is 6.30. The molecule has 0 saturated heterocycles. The number of halogens is 2.